The molecule has 2 N–H and O–H groups in total. The van der Waals surface area contributed by atoms with Crippen LogP contribution in [0.5, 0.6) is 0 Å². The monoisotopic (exact) mass is 292 g/mol. The third-order valence-corrected chi connectivity index (χ3v) is 3.87. The maximum absolute atomic E-state index is 5.04. The highest BCUT2D eigenvalue weighted by Gasteiger charge is 2.13. The summed E-state index contributed by atoms with van der Waals surface area (Å²) in [6.07, 6.45) is 0. The maximum atomic E-state index is 5.04. The van der Waals surface area contributed by atoms with Gasteiger partial charge in [-0.05, 0) is 41.9 Å². The standard InChI is InChI=1S/C16H12N4S/c1-9-5-2-3-6-10(9)11-7-4-8-12-13(11)14-15(17-12)18-16(21)20-19-14/h2-8H,1H3,(H2,17,18,20,21). The topological polar surface area (TPSA) is 57.4 Å². The molecule has 21 heavy (non-hydrogen) atoms. The SMILES string of the molecule is Cc1ccccc1-c1cccc2[nH]c3nc(=S)[nH]nc3c12. The molecule has 5 heteroatoms. The van der Waals surface area contributed by atoms with E-state index in [2.05, 4.69) is 51.4 Å². The van der Waals surface area contributed by atoms with Crippen LogP contribution in [0.1, 0.15) is 5.56 Å². The molecule has 2 aromatic heterocycles. The second-order valence-corrected chi connectivity index (χ2v) is 5.39. The molecule has 0 radical (unpaired) electrons. The van der Waals surface area contributed by atoms with Crippen molar-refractivity contribution in [3.8, 4) is 11.1 Å². The zero-order chi connectivity index (χ0) is 14.4. The van der Waals surface area contributed by atoms with Crippen molar-refractivity contribution in [1.29, 1.82) is 0 Å². The average Bonchev–Trinajstić information content (AvgIpc) is 2.85. The number of aromatic nitrogens is 4. The van der Waals surface area contributed by atoms with Gasteiger partial charge in [0.1, 0.15) is 5.52 Å². The first-order chi connectivity index (χ1) is 10.2. The van der Waals surface area contributed by atoms with Crippen LogP contribution in [-0.4, -0.2) is 20.2 Å². The fourth-order valence-electron chi connectivity index (χ4n) is 2.74. The van der Waals surface area contributed by atoms with Gasteiger partial charge in [-0.15, -0.1) is 0 Å². The quantitative estimate of drug-likeness (QED) is 0.518. The van der Waals surface area contributed by atoms with Crippen LogP contribution in [0.4, 0.5) is 0 Å². The molecule has 0 atom stereocenters. The van der Waals surface area contributed by atoms with Crippen LogP contribution < -0.4 is 0 Å². The number of nitrogens with zero attached hydrogens (tertiary/aromatic N) is 2. The maximum Gasteiger partial charge on any atom is 0.215 e. The molecule has 4 aromatic rings. The average molecular weight is 292 g/mol. The lowest BCUT2D eigenvalue weighted by Gasteiger charge is -2.07. The van der Waals surface area contributed by atoms with Crippen LogP contribution in [-0.2, 0) is 0 Å². The number of hydrogen-bond acceptors (Lipinski definition) is 3. The fourth-order valence-corrected chi connectivity index (χ4v) is 2.87. The van der Waals surface area contributed by atoms with Crippen LogP contribution in [0.15, 0.2) is 42.5 Å². The second-order valence-electron chi connectivity index (χ2n) is 5.01. The van der Waals surface area contributed by atoms with E-state index >= 15 is 0 Å². The second kappa shape index (κ2) is 4.49. The van der Waals surface area contributed by atoms with E-state index in [1.54, 1.807) is 0 Å². The van der Waals surface area contributed by atoms with Crippen LogP contribution in [0, 0.1) is 11.7 Å². The summed E-state index contributed by atoms with van der Waals surface area (Å²) >= 11 is 5.04. The highest BCUT2D eigenvalue weighted by atomic mass is 32.1. The molecular weight excluding hydrogens is 280 g/mol. The van der Waals surface area contributed by atoms with Crippen molar-refractivity contribution in [2.24, 2.45) is 0 Å². The lowest BCUT2D eigenvalue weighted by atomic mass is 9.97. The van der Waals surface area contributed by atoms with E-state index in [4.69, 9.17) is 12.2 Å². The number of H-pyrrole nitrogens is 2. The summed E-state index contributed by atoms with van der Waals surface area (Å²) in [6, 6.07) is 14.5. The Hall–Kier alpha value is -2.53. The van der Waals surface area contributed by atoms with Gasteiger partial charge in [0.25, 0.3) is 0 Å². The van der Waals surface area contributed by atoms with Crippen LogP contribution in [0.2, 0.25) is 0 Å². The van der Waals surface area contributed by atoms with Gasteiger partial charge < -0.3 is 4.98 Å². The molecule has 0 unspecified atom stereocenters. The van der Waals surface area contributed by atoms with E-state index in [1.165, 1.54) is 11.1 Å². The lowest BCUT2D eigenvalue weighted by Crippen LogP contribution is -1.88. The van der Waals surface area contributed by atoms with Gasteiger partial charge in [0.2, 0.25) is 4.77 Å². The van der Waals surface area contributed by atoms with Gasteiger partial charge in [-0.2, -0.15) is 10.1 Å². The number of aromatic amines is 2. The molecule has 0 spiro atoms. The first-order valence-electron chi connectivity index (χ1n) is 6.67. The van der Waals surface area contributed by atoms with Crippen LogP contribution in [0.25, 0.3) is 33.2 Å². The molecule has 0 saturated carbocycles. The Balaban J connectivity index is 2.17. The molecule has 102 valence electrons. The van der Waals surface area contributed by atoms with Gasteiger partial charge in [-0.25, -0.2) is 0 Å². The number of fused-ring (bicyclic) bond motifs is 3. The highest BCUT2D eigenvalue weighted by molar-refractivity contribution is 7.71. The van der Waals surface area contributed by atoms with Crippen LogP contribution >= 0.6 is 12.2 Å². The van der Waals surface area contributed by atoms with Gasteiger partial charge in [-0.1, -0.05) is 36.4 Å². The molecule has 0 bridgehead atoms. The Bertz CT molecular complexity index is 1030. The molecule has 2 heterocycles. The molecule has 0 aliphatic heterocycles. The van der Waals surface area contributed by atoms with E-state index in [0.29, 0.717) is 4.77 Å². The summed E-state index contributed by atoms with van der Waals surface area (Å²) in [6.45, 7) is 2.11. The van der Waals surface area contributed by atoms with Crippen molar-refractivity contribution in [2.45, 2.75) is 6.92 Å². The summed E-state index contributed by atoms with van der Waals surface area (Å²) in [4.78, 5) is 7.60. The van der Waals surface area contributed by atoms with E-state index in [9.17, 15) is 0 Å². The molecule has 0 aliphatic carbocycles. The molecule has 4 rings (SSSR count). The molecular formula is C16H12N4S. The largest absolute Gasteiger partial charge is 0.338 e. The first kappa shape index (κ1) is 12.2. The third kappa shape index (κ3) is 1.86. The summed E-state index contributed by atoms with van der Waals surface area (Å²) in [5, 5.41) is 8.21. The summed E-state index contributed by atoms with van der Waals surface area (Å²) < 4.78 is 0.381. The van der Waals surface area contributed by atoms with E-state index in [0.717, 1.165) is 27.6 Å². The Labute approximate surface area is 125 Å². The van der Waals surface area contributed by atoms with E-state index in [1.807, 2.05) is 18.2 Å². The first-order valence-corrected chi connectivity index (χ1v) is 7.08. The van der Waals surface area contributed by atoms with E-state index in [-0.39, 0.29) is 0 Å². The van der Waals surface area contributed by atoms with Crippen molar-refractivity contribution in [3.05, 3.63) is 52.8 Å². The molecule has 0 fully saturated rings. The predicted molar refractivity (Wildman–Crippen MR) is 86.8 cm³/mol. The van der Waals surface area contributed by atoms with Gasteiger partial charge in [0.15, 0.2) is 5.65 Å². The number of rotatable bonds is 1. The molecule has 4 nitrogen and oxygen atoms in total. The Morgan fingerprint density at radius 1 is 1.00 bits per heavy atom. The van der Waals surface area contributed by atoms with Crippen LogP contribution in [0.3, 0.4) is 0 Å². The lowest BCUT2D eigenvalue weighted by molar-refractivity contribution is 0.999. The zero-order valence-corrected chi connectivity index (χ0v) is 12.2. The van der Waals surface area contributed by atoms with Crippen molar-refractivity contribution in [1.82, 2.24) is 20.2 Å². The van der Waals surface area contributed by atoms with Gasteiger partial charge in [0.05, 0.1) is 0 Å². The number of aryl methyl sites for hydroxylation is 1. The third-order valence-electron chi connectivity index (χ3n) is 3.69. The molecule has 2 aromatic carbocycles. The highest BCUT2D eigenvalue weighted by Crippen LogP contribution is 2.34. The zero-order valence-electron chi connectivity index (χ0n) is 11.3. The van der Waals surface area contributed by atoms with Crippen molar-refractivity contribution >= 4 is 34.3 Å². The number of benzene rings is 2. The smallest absolute Gasteiger partial charge is 0.215 e. The summed E-state index contributed by atoms with van der Waals surface area (Å²) in [5.41, 5.74) is 6.13. The molecule has 0 amide bonds. The fraction of sp³-hybridized carbons (Fsp3) is 0.0625. The van der Waals surface area contributed by atoms with Gasteiger partial charge in [0, 0.05) is 10.9 Å². The minimum atomic E-state index is 0.381. The van der Waals surface area contributed by atoms with Crippen molar-refractivity contribution < 1.29 is 0 Å². The summed E-state index contributed by atoms with van der Waals surface area (Å²) in [5.74, 6) is 0. The normalized spacial score (nSPS) is 11.3. The van der Waals surface area contributed by atoms with Gasteiger partial charge in [-0.3, -0.25) is 5.10 Å². The number of nitrogens with one attached hydrogen (secondary N) is 2. The Kier molecular flexibility index (Phi) is 2.62. The predicted octanol–water partition coefficient (Wildman–Crippen LogP) is 4.14. The Morgan fingerprint density at radius 3 is 2.67 bits per heavy atom. The number of hydrogen-bond donors (Lipinski definition) is 2. The van der Waals surface area contributed by atoms with Crippen molar-refractivity contribution in [2.75, 3.05) is 0 Å². The Morgan fingerprint density at radius 2 is 1.81 bits per heavy atom. The molecule has 0 saturated heterocycles. The minimum Gasteiger partial charge on any atom is -0.338 e. The molecule has 0 aliphatic rings. The van der Waals surface area contributed by atoms with Crippen molar-refractivity contribution in [3.63, 3.8) is 0 Å². The van der Waals surface area contributed by atoms with Gasteiger partial charge >= 0.3 is 0 Å². The summed E-state index contributed by atoms with van der Waals surface area (Å²) in [7, 11) is 0. The minimum absolute atomic E-state index is 0.381. The van der Waals surface area contributed by atoms with E-state index < -0.39 is 0 Å².